The van der Waals surface area contributed by atoms with E-state index in [1.54, 1.807) is 24.3 Å². The van der Waals surface area contributed by atoms with Crippen molar-refractivity contribution in [3.05, 3.63) is 36.4 Å². The van der Waals surface area contributed by atoms with Crippen molar-refractivity contribution in [2.24, 2.45) is 0 Å². The van der Waals surface area contributed by atoms with Crippen LogP contribution in [0.15, 0.2) is 41.3 Å². The third-order valence-corrected chi connectivity index (χ3v) is 7.31. The lowest BCUT2D eigenvalue weighted by Gasteiger charge is -2.25. The minimum atomic E-state index is -3.93. The van der Waals surface area contributed by atoms with Gasteiger partial charge >= 0.3 is 0 Å². The van der Waals surface area contributed by atoms with E-state index in [1.807, 2.05) is 0 Å². The lowest BCUT2D eigenvalue weighted by molar-refractivity contribution is -0.119. The van der Waals surface area contributed by atoms with Crippen molar-refractivity contribution in [3.63, 3.8) is 0 Å². The van der Waals surface area contributed by atoms with E-state index in [-0.39, 0.29) is 17.3 Å². The second kappa shape index (κ2) is 9.28. The summed E-state index contributed by atoms with van der Waals surface area (Å²) in [5, 5.41) is 5.40. The molecule has 1 atom stereocenters. The first-order valence-electron chi connectivity index (χ1n) is 10.5. The zero-order chi connectivity index (χ0) is 23.6. The summed E-state index contributed by atoms with van der Waals surface area (Å²) in [4.78, 5) is 24.5. The van der Waals surface area contributed by atoms with Crippen molar-refractivity contribution in [2.45, 2.75) is 30.7 Å². The Morgan fingerprint density at radius 1 is 1.06 bits per heavy atom. The van der Waals surface area contributed by atoms with Crippen molar-refractivity contribution < 1.29 is 32.2 Å². The summed E-state index contributed by atoms with van der Waals surface area (Å²) in [6.07, 6.45) is 0.950. The Balaban J connectivity index is 1.54. The molecule has 4 rings (SSSR count). The summed E-state index contributed by atoms with van der Waals surface area (Å²) in [5.41, 5.74) is 0.808. The second-order valence-electron chi connectivity index (χ2n) is 7.66. The summed E-state index contributed by atoms with van der Waals surface area (Å²) in [7, 11) is -2.46. The minimum absolute atomic E-state index is 0.0452. The first-order chi connectivity index (χ1) is 15.8. The summed E-state index contributed by atoms with van der Waals surface area (Å²) in [6, 6.07) is 8.38. The second-order valence-corrected chi connectivity index (χ2v) is 9.56. The molecule has 11 heteroatoms. The van der Waals surface area contributed by atoms with Crippen molar-refractivity contribution in [1.82, 2.24) is 4.31 Å². The van der Waals surface area contributed by atoms with E-state index in [0.717, 1.165) is 0 Å². The highest BCUT2D eigenvalue weighted by atomic mass is 32.2. The van der Waals surface area contributed by atoms with Gasteiger partial charge < -0.3 is 24.8 Å². The summed E-state index contributed by atoms with van der Waals surface area (Å²) < 4.78 is 44.1. The monoisotopic (exact) mass is 475 g/mol. The molecule has 176 valence electrons. The third-order valence-electron chi connectivity index (χ3n) is 5.40. The van der Waals surface area contributed by atoms with E-state index < -0.39 is 22.0 Å². The fraction of sp³-hybridized carbons (Fsp3) is 0.364. The molecule has 2 aliphatic heterocycles. The molecule has 0 aromatic heterocycles. The smallest absolute Gasteiger partial charge is 0.243 e. The molecule has 1 saturated heterocycles. The topological polar surface area (TPSA) is 123 Å². The molecule has 0 radical (unpaired) electrons. The maximum atomic E-state index is 13.3. The molecule has 10 nitrogen and oxygen atoms in total. The Morgan fingerprint density at radius 2 is 1.82 bits per heavy atom. The highest BCUT2D eigenvalue weighted by Gasteiger charge is 2.40. The Kier molecular flexibility index (Phi) is 6.43. The molecule has 2 aromatic rings. The van der Waals surface area contributed by atoms with E-state index in [2.05, 4.69) is 10.6 Å². The average molecular weight is 476 g/mol. The molecule has 0 saturated carbocycles. The van der Waals surface area contributed by atoms with Crippen LogP contribution in [0.3, 0.4) is 0 Å². The molecule has 2 N–H and O–H groups in total. The number of benzene rings is 2. The number of rotatable bonds is 6. The lowest BCUT2D eigenvalue weighted by atomic mass is 10.2. The van der Waals surface area contributed by atoms with Gasteiger partial charge in [-0.15, -0.1) is 0 Å². The van der Waals surface area contributed by atoms with E-state index in [0.29, 0.717) is 54.7 Å². The number of nitrogens with zero attached hydrogens (tertiary/aromatic N) is 1. The number of fused-ring (bicyclic) bond motifs is 1. The first-order valence-corrected chi connectivity index (χ1v) is 11.9. The first kappa shape index (κ1) is 22.9. The fourth-order valence-electron chi connectivity index (χ4n) is 3.91. The molecule has 1 fully saturated rings. The molecular formula is C22H25N3O7S. The third kappa shape index (κ3) is 4.74. The van der Waals surface area contributed by atoms with Gasteiger partial charge in [0.15, 0.2) is 11.5 Å². The van der Waals surface area contributed by atoms with E-state index in [1.165, 1.54) is 30.5 Å². The number of amides is 2. The quantitative estimate of drug-likeness (QED) is 0.657. The Bertz CT molecular complexity index is 1180. The Morgan fingerprint density at radius 3 is 2.55 bits per heavy atom. The normalized spacial score (nSPS) is 17.9. The van der Waals surface area contributed by atoms with Crippen LogP contribution in [0.5, 0.6) is 17.2 Å². The SMILES string of the molecule is COc1ccc(NC(=O)[C@@H]2CCCN2S(=O)(=O)c2ccc3c(c2)OCCO3)cc1NC(C)=O. The lowest BCUT2D eigenvalue weighted by Crippen LogP contribution is -2.43. The van der Waals surface area contributed by atoms with Crippen molar-refractivity contribution >= 4 is 33.2 Å². The van der Waals surface area contributed by atoms with Crippen LogP contribution in [0.1, 0.15) is 19.8 Å². The molecule has 0 spiro atoms. The summed E-state index contributed by atoms with van der Waals surface area (Å²) in [6.45, 7) is 2.34. The number of hydrogen-bond donors (Lipinski definition) is 2. The predicted octanol–water partition coefficient (Wildman–Crippen LogP) is 2.22. The van der Waals surface area contributed by atoms with Crippen LogP contribution in [-0.2, 0) is 19.6 Å². The summed E-state index contributed by atoms with van der Waals surface area (Å²) in [5.74, 6) is 0.556. The van der Waals surface area contributed by atoms with Gasteiger partial charge in [0.1, 0.15) is 25.0 Å². The van der Waals surface area contributed by atoms with Gasteiger partial charge in [-0.2, -0.15) is 4.31 Å². The van der Waals surface area contributed by atoms with Gasteiger partial charge in [-0.25, -0.2) is 8.42 Å². The number of hydrogen-bond acceptors (Lipinski definition) is 7. The van der Waals surface area contributed by atoms with Gasteiger partial charge in [0.05, 0.1) is 17.7 Å². The molecular weight excluding hydrogens is 450 g/mol. The van der Waals surface area contributed by atoms with Gasteiger partial charge in [-0.1, -0.05) is 0 Å². The Hall–Kier alpha value is -3.31. The number of methoxy groups -OCH3 is 1. The minimum Gasteiger partial charge on any atom is -0.495 e. The molecule has 0 unspecified atom stereocenters. The number of sulfonamides is 1. The highest BCUT2D eigenvalue weighted by Crippen LogP contribution is 2.35. The van der Waals surface area contributed by atoms with E-state index >= 15 is 0 Å². The van der Waals surface area contributed by atoms with Gasteiger partial charge in [-0.05, 0) is 43.2 Å². The molecule has 2 aromatic carbocycles. The number of carbonyl (C=O) groups excluding carboxylic acids is 2. The molecule has 33 heavy (non-hydrogen) atoms. The zero-order valence-corrected chi connectivity index (χ0v) is 19.1. The highest BCUT2D eigenvalue weighted by molar-refractivity contribution is 7.89. The average Bonchev–Trinajstić information content (AvgIpc) is 3.30. The zero-order valence-electron chi connectivity index (χ0n) is 18.3. The van der Waals surface area contributed by atoms with Gasteiger partial charge in [0, 0.05) is 25.2 Å². The van der Waals surface area contributed by atoms with Crippen molar-refractivity contribution in [3.8, 4) is 17.2 Å². The van der Waals surface area contributed by atoms with Crippen LogP contribution in [-0.4, -0.2) is 57.4 Å². The molecule has 2 aliphatic rings. The largest absolute Gasteiger partial charge is 0.495 e. The van der Waals surface area contributed by atoms with Crippen LogP contribution >= 0.6 is 0 Å². The van der Waals surface area contributed by atoms with Crippen LogP contribution < -0.4 is 24.8 Å². The number of carbonyl (C=O) groups is 2. The number of anilines is 2. The molecule has 0 aliphatic carbocycles. The maximum Gasteiger partial charge on any atom is 0.243 e. The molecule has 2 amide bonds. The number of nitrogens with one attached hydrogen (secondary N) is 2. The Labute approximate surface area is 191 Å². The van der Waals surface area contributed by atoms with Crippen molar-refractivity contribution in [2.75, 3.05) is 37.5 Å². The van der Waals surface area contributed by atoms with Gasteiger partial charge in [0.2, 0.25) is 21.8 Å². The van der Waals surface area contributed by atoms with Gasteiger partial charge in [-0.3, -0.25) is 9.59 Å². The van der Waals surface area contributed by atoms with Crippen LogP contribution in [0, 0.1) is 0 Å². The van der Waals surface area contributed by atoms with Gasteiger partial charge in [0.25, 0.3) is 0 Å². The standard InChI is InChI=1S/C22H25N3O7S/c1-14(26)23-17-12-15(5-7-19(17)30-2)24-22(27)18-4-3-9-25(18)33(28,29)16-6-8-20-21(13-16)32-11-10-31-20/h5-8,12-13,18H,3-4,9-11H2,1-2H3,(H,23,26)(H,24,27)/t18-/m0/s1. The van der Waals surface area contributed by atoms with Crippen LogP contribution in [0.2, 0.25) is 0 Å². The summed E-state index contributed by atoms with van der Waals surface area (Å²) >= 11 is 0. The molecule has 0 bridgehead atoms. The fourth-order valence-corrected chi connectivity index (χ4v) is 5.58. The van der Waals surface area contributed by atoms with Crippen LogP contribution in [0.4, 0.5) is 11.4 Å². The number of ether oxygens (including phenoxy) is 3. The predicted molar refractivity (Wildman–Crippen MR) is 120 cm³/mol. The van der Waals surface area contributed by atoms with Crippen LogP contribution in [0.25, 0.3) is 0 Å². The van der Waals surface area contributed by atoms with E-state index in [9.17, 15) is 18.0 Å². The maximum absolute atomic E-state index is 13.3. The van der Waals surface area contributed by atoms with Crippen molar-refractivity contribution in [1.29, 1.82) is 0 Å². The van der Waals surface area contributed by atoms with E-state index in [4.69, 9.17) is 14.2 Å². The molecule has 2 heterocycles.